The molecule has 1 aromatic heterocycles. The van der Waals surface area contributed by atoms with Crippen molar-refractivity contribution >= 4 is 0 Å². The van der Waals surface area contributed by atoms with Crippen LogP contribution in [0.15, 0.2) is 41.0 Å². The highest BCUT2D eigenvalue weighted by molar-refractivity contribution is 5.34. The molecule has 0 amide bonds. The fourth-order valence-electron chi connectivity index (χ4n) is 2.05. The molecule has 1 aromatic carbocycles. The Morgan fingerprint density at radius 2 is 2.24 bits per heavy atom. The molecule has 0 saturated carbocycles. The molecule has 0 spiro atoms. The molecule has 1 unspecified atom stereocenters. The van der Waals surface area contributed by atoms with Crippen molar-refractivity contribution < 1.29 is 18.7 Å². The third kappa shape index (κ3) is 4.88. The molecule has 0 bridgehead atoms. The number of benzene rings is 1. The van der Waals surface area contributed by atoms with Crippen molar-refractivity contribution in [3.05, 3.63) is 53.7 Å². The maximum atomic E-state index is 12.9. The molecule has 0 aliphatic carbocycles. The molecule has 0 aliphatic heterocycles. The van der Waals surface area contributed by atoms with E-state index in [0.717, 1.165) is 24.8 Å². The Hall–Kier alpha value is -1.85. The van der Waals surface area contributed by atoms with Crippen LogP contribution in [-0.2, 0) is 11.3 Å². The van der Waals surface area contributed by atoms with Gasteiger partial charge in [-0.15, -0.1) is 0 Å². The van der Waals surface area contributed by atoms with E-state index >= 15 is 0 Å². The number of phenols is 1. The lowest BCUT2D eigenvalue weighted by Crippen LogP contribution is -2.21. The number of rotatable bonds is 8. The Morgan fingerprint density at radius 3 is 2.95 bits per heavy atom. The largest absolute Gasteiger partial charge is 0.508 e. The summed E-state index contributed by atoms with van der Waals surface area (Å²) >= 11 is 0. The molecule has 0 saturated heterocycles. The second kappa shape index (κ2) is 7.81. The van der Waals surface area contributed by atoms with Gasteiger partial charge in [-0.25, -0.2) is 4.39 Å². The number of hydrogen-bond donors (Lipinski definition) is 2. The fourth-order valence-corrected chi connectivity index (χ4v) is 2.05. The molecule has 1 heterocycles. The molecule has 21 heavy (non-hydrogen) atoms. The van der Waals surface area contributed by atoms with Crippen molar-refractivity contribution in [2.75, 3.05) is 13.2 Å². The van der Waals surface area contributed by atoms with Crippen LogP contribution in [-0.4, -0.2) is 18.3 Å². The predicted molar refractivity (Wildman–Crippen MR) is 77.5 cm³/mol. The SMILES string of the molecule is CC(NCCCOCc1ccco1)c1ccc(F)cc1O. The molecule has 114 valence electrons. The van der Waals surface area contributed by atoms with Gasteiger partial charge >= 0.3 is 0 Å². The topological polar surface area (TPSA) is 54.6 Å². The summed E-state index contributed by atoms with van der Waals surface area (Å²) in [6.07, 6.45) is 2.46. The quantitative estimate of drug-likeness (QED) is 0.733. The van der Waals surface area contributed by atoms with Gasteiger partial charge in [-0.2, -0.15) is 0 Å². The predicted octanol–water partition coefficient (Wildman–Crippen LogP) is 3.38. The van der Waals surface area contributed by atoms with Crippen molar-refractivity contribution in [3.63, 3.8) is 0 Å². The van der Waals surface area contributed by atoms with E-state index in [0.29, 0.717) is 18.8 Å². The monoisotopic (exact) mass is 293 g/mol. The third-order valence-electron chi connectivity index (χ3n) is 3.20. The standard InChI is InChI=1S/C16H20FNO3/c1-12(15-6-5-13(17)10-16(15)19)18-7-3-8-20-11-14-4-2-9-21-14/h2,4-6,9-10,12,18-19H,3,7-8,11H2,1H3. The average Bonchev–Trinajstić information content (AvgIpc) is 2.95. The van der Waals surface area contributed by atoms with E-state index in [1.807, 2.05) is 19.1 Å². The lowest BCUT2D eigenvalue weighted by atomic mass is 10.1. The molecule has 2 N–H and O–H groups in total. The summed E-state index contributed by atoms with van der Waals surface area (Å²) < 4.78 is 23.5. The van der Waals surface area contributed by atoms with Crippen LogP contribution in [0.25, 0.3) is 0 Å². The van der Waals surface area contributed by atoms with Gasteiger partial charge in [-0.1, -0.05) is 6.07 Å². The minimum Gasteiger partial charge on any atom is -0.508 e. The Kier molecular flexibility index (Phi) is 5.78. The first-order valence-electron chi connectivity index (χ1n) is 6.98. The van der Waals surface area contributed by atoms with Gasteiger partial charge in [0.25, 0.3) is 0 Å². The molecule has 2 rings (SSSR count). The number of nitrogens with one attached hydrogen (secondary N) is 1. The second-order valence-corrected chi connectivity index (χ2v) is 4.86. The van der Waals surface area contributed by atoms with Gasteiger partial charge in [-0.3, -0.25) is 0 Å². The molecule has 5 heteroatoms. The van der Waals surface area contributed by atoms with Crippen molar-refractivity contribution in [2.45, 2.75) is 26.0 Å². The summed E-state index contributed by atoms with van der Waals surface area (Å²) in [5.41, 5.74) is 0.688. The number of ether oxygens (including phenoxy) is 1. The first-order chi connectivity index (χ1) is 10.2. The number of hydrogen-bond acceptors (Lipinski definition) is 4. The first-order valence-corrected chi connectivity index (χ1v) is 6.98. The minimum absolute atomic E-state index is 0.0240. The fraction of sp³-hybridized carbons (Fsp3) is 0.375. The summed E-state index contributed by atoms with van der Waals surface area (Å²) in [4.78, 5) is 0. The van der Waals surface area contributed by atoms with E-state index < -0.39 is 5.82 Å². The van der Waals surface area contributed by atoms with Crippen molar-refractivity contribution in [1.29, 1.82) is 0 Å². The summed E-state index contributed by atoms with van der Waals surface area (Å²) in [6, 6.07) is 7.72. The molecule has 4 nitrogen and oxygen atoms in total. The normalized spacial score (nSPS) is 12.5. The Labute approximate surface area is 123 Å². The van der Waals surface area contributed by atoms with Crippen molar-refractivity contribution in [3.8, 4) is 5.75 Å². The van der Waals surface area contributed by atoms with E-state index in [1.165, 1.54) is 6.07 Å². The van der Waals surface area contributed by atoms with Gasteiger partial charge in [0.15, 0.2) is 0 Å². The second-order valence-electron chi connectivity index (χ2n) is 4.86. The maximum Gasteiger partial charge on any atom is 0.129 e. The molecule has 0 radical (unpaired) electrons. The summed E-state index contributed by atoms with van der Waals surface area (Å²) in [5.74, 6) is 0.353. The summed E-state index contributed by atoms with van der Waals surface area (Å²) in [5, 5.41) is 13.0. The van der Waals surface area contributed by atoms with E-state index in [9.17, 15) is 9.50 Å². The molecule has 1 atom stereocenters. The number of phenolic OH excluding ortho intramolecular Hbond substituents is 1. The van der Waals surface area contributed by atoms with Crippen LogP contribution in [0.4, 0.5) is 4.39 Å². The molecule has 0 aliphatic rings. The highest BCUT2D eigenvalue weighted by Crippen LogP contribution is 2.24. The van der Waals surface area contributed by atoms with Crippen LogP contribution in [0.3, 0.4) is 0 Å². The van der Waals surface area contributed by atoms with Gasteiger partial charge in [0, 0.05) is 24.3 Å². The molecule has 2 aromatic rings. The van der Waals surface area contributed by atoms with Gasteiger partial charge in [0.05, 0.1) is 6.26 Å². The summed E-state index contributed by atoms with van der Waals surface area (Å²) in [6.45, 7) is 3.77. The molecular weight excluding hydrogens is 273 g/mol. The van der Waals surface area contributed by atoms with Crippen LogP contribution in [0.5, 0.6) is 5.75 Å². The van der Waals surface area contributed by atoms with E-state index in [-0.39, 0.29) is 11.8 Å². The van der Waals surface area contributed by atoms with Crippen LogP contribution in [0, 0.1) is 5.82 Å². The van der Waals surface area contributed by atoms with Crippen LogP contribution >= 0.6 is 0 Å². The van der Waals surface area contributed by atoms with Crippen LogP contribution in [0.1, 0.15) is 30.7 Å². The summed E-state index contributed by atoms with van der Waals surface area (Å²) in [7, 11) is 0. The number of furan rings is 1. The van der Waals surface area contributed by atoms with Crippen LogP contribution in [0.2, 0.25) is 0 Å². The van der Waals surface area contributed by atoms with Crippen LogP contribution < -0.4 is 5.32 Å². The minimum atomic E-state index is -0.435. The Balaban J connectivity index is 1.63. The van der Waals surface area contributed by atoms with Gasteiger partial charge in [-0.05, 0) is 38.1 Å². The zero-order chi connectivity index (χ0) is 15.1. The zero-order valence-corrected chi connectivity index (χ0v) is 12.0. The number of aromatic hydroxyl groups is 1. The Bertz CT molecular complexity index is 542. The highest BCUT2D eigenvalue weighted by atomic mass is 19.1. The zero-order valence-electron chi connectivity index (χ0n) is 12.0. The average molecular weight is 293 g/mol. The smallest absolute Gasteiger partial charge is 0.129 e. The molecule has 0 fully saturated rings. The van der Waals surface area contributed by atoms with E-state index in [2.05, 4.69) is 5.32 Å². The van der Waals surface area contributed by atoms with Gasteiger partial charge in [0.2, 0.25) is 0 Å². The molecular formula is C16H20FNO3. The highest BCUT2D eigenvalue weighted by Gasteiger charge is 2.10. The first kappa shape index (κ1) is 15.5. The maximum absolute atomic E-state index is 12.9. The lowest BCUT2D eigenvalue weighted by Gasteiger charge is -2.15. The number of halogens is 1. The van der Waals surface area contributed by atoms with Crippen molar-refractivity contribution in [1.82, 2.24) is 5.32 Å². The van der Waals surface area contributed by atoms with Gasteiger partial charge < -0.3 is 19.6 Å². The Morgan fingerprint density at radius 1 is 1.38 bits per heavy atom. The van der Waals surface area contributed by atoms with Gasteiger partial charge in [0.1, 0.15) is 23.9 Å². The third-order valence-corrected chi connectivity index (χ3v) is 3.20. The van der Waals surface area contributed by atoms with E-state index in [4.69, 9.17) is 9.15 Å². The van der Waals surface area contributed by atoms with E-state index in [1.54, 1.807) is 12.3 Å². The lowest BCUT2D eigenvalue weighted by molar-refractivity contribution is 0.103. The van der Waals surface area contributed by atoms with Crippen molar-refractivity contribution in [2.24, 2.45) is 0 Å².